The lowest BCUT2D eigenvalue weighted by atomic mass is 10.2. The monoisotopic (exact) mass is 433 g/mol. The number of para-hydroxylation sites is 1. The van der Waals surface area contributed by atoms with Crippen molar-refractivity contribution in [3.8, 4) is 0 Å². The number of sulfonamides is 1. The summed E-state index contributed by atoms with van der Waals surface area (Å²) in [5, 5.41) is 17.8. The molecule has 2 rings (SSSR count). The highest BCUT2D eigenvalue weighted by atomic mass is 32.2. The number of hydrogen-bond donors (Lipinski definition) is 2. The van der Waals surface area contributed by atoms with Crippen LogP contribution in [-0.2, 0) is 10.0 Å². The Morgan fingerprint density at radius 3 is 2.62 bits per heavy atom. The molecule has 0 aliphatic carbocycles. The number of nitrogens with zero attached hydrogens (tertiary/aromatic N) is 3. The fourth-order valence-corrected chi connectivity index (χ4v) is 3.30. The Labute approximate surface area is 173 Å². The summed E-state index contributed by atoms with van der Waals surface area (Å²) in [6.07, 6.45) is 4.47. The van der Waals surface area contributed by atoms with Crippen molar-refractivity contribution in [2.45, 2.75) is 4.90 Å². The maximum Gasteiger partial charge on any atom is 0.276 e. The van der Waals surface area contributed by atoms with E-state index in [4.69, 9.17) is 12.2 Å². The van der Waals surface area contributed by atoms with Crippen molar-refractivity contribution in [1.82, 2.24) is 9.73 Å². The van der Waals surface area contributed by atoms with Crippen molar-refractivity contribution >= 4 is 51.0 Å². The van der Waals surface area contributed by atoms with Gasteiger partial charge in [-0.1, -0.05) is 18.2 Å². The second-order valence-corrected chi connectivity index (χ2v) is 8.39. The number of hydrogen-bond acceptors (Lipinski definition) is 6. The van der Waals surface area contributed by atoms with Crippen LogP contribution in [0.25, 0.3) is 6.08 Å². The van der Waals surface area contributed by atoms with Crippen LogP contribution in [0.4, 0.5) is 11.4 Å². The minimum atomic E-state index is -3.55. The lowest BCUT2D eigenvalue weighted by Gasteiger charge is -2.13. The highest BCUT2D eigenvalue weighted by Gasteiger charge is 2.17. The Morgan fingerprint density at radius 2 is 1.93 bits per heavy atom. The van der Waals surface area contributed by atoms with E-state index in [1.165, 1.54) is 44.6 Å². The number of thiocarbonyl (C=S) groups is 1. The standard InChI is InChI=1S/C18H19N5O4S2/c1-22(2)29(26,27)16-10-5-9-15(13-16)20-18(28)21-19-12-6-8-14-7-3-4-11-17(14)23(24)25/h3-13H,1-2H3,(H2,20,21,28)/b8-6+,19-12-. The van der Waals surface area contributed by atoms with Crippen LogP contribution in [0.1, 0.15) is 5.56 Å². The van der Waals surface area contributed by atoms with Crippen LogP contribution < -0.4 is 10.7 Å². The van der Waals surface area contributed by atoms with Gasteiger partial charge < -0.3 is 5.32 Å². The van der Waals surface area contributed by atoms with E-state index in [0.717, 1.165) is 4.31 Å². The molecular formula is C18H19N5O4S2. The molecule has 0 atom stereocenters. The third-order valence-electron chi connectivity index (χ3n) is 3.61. The summed E-state index contributed by atoms with van der Waals surface area (Å²) < 4.78 is 25.5. The van der Waals surface area contributed by atoms with Gasteiger partial charge in [0.1, 0.15) is 0 Å². The highest BCUT2D eigenvalue weighted by molar-refractivity contribution is 7.89. The second-order valence-electron chi connectivity index (χ2n) is 5.83. The first-order valence-electron chi connectivity index (χ1n) is 8.24. The maximum atomic E-state index is 12.2. The fraction of sp³-hybridized carbons (Fsp3) is 0.111. The van der Waals surface area contributed by atoms with E-state index < -0.39 is 14.9 Å². The zero-order valence-corrected chi connectivity index (χ0v) is 17.3. The number of nitro groups is 1. The van der Waals surface area contributed by atoms with Gasteiger partial charge in [0.2, 0.25) is 10.0 Å². The molecule has 2 aromatic rings. The van der Waals surface area contributed by atoms with E-state index >= 15 is 0 Å². The van der Waals surface area contributed by atoms with Gasteiger partial charge in [-0.2, -0.15) is 5.10 Å². The molecular weight excluding hydrogens is 414 g/mol. The van der Waals surface area contributed by atoms with Gasteiger partial charge in [-0.25, -0.2) is 12.7 Å². The van der Waals surface area contributed by atoms with Crippen LogP contribution in [0.15, 0.2) is 64.6 Å². The Kier molecular flexibility index (Phi) is 7.53. The number of hydrazone groups is 1. The van der Waals surface area contributed by atoms with Gasteiger partial charge in [0.15, 0.2) is 5.11 Å². The van der Waals surface area contributed by atoms with Crippen LogP contribution in [-0.4, -0.2) is 43.1 Å². The molecule has 0 aliphatic heterocycles. The van der Waals surface area contributed by atoms with Crippen molar-refractivity contribution in [3.63, 3.8) is 0 Å². The second kappa shape index (κ2) is 9.87. The smallest absolute Gasteiger partial charge is 0.276 e. The molecule has 0 heterocycles. The molecule has 29 heavy (non-hydrogen) atoms. The predicted octanol–water partition coefficient (Wildman–Crippen LogP) is 2.83. The Balaban J connectivity index is 1.96. The Bertz CT molecular complexity index is 1070. The van der Waals surface area contributed by atoms with Crippen molar-refractivity contribution in [2.75, 3.05) is 19.4 Å². The number of rotatable bonds is 7. The van der Waals surface area contributed by atoms with Gasteiger partial charge in [0, 0.05) is 32.1 Å². The molecule has 0 saturated heterocycles. The topological polar surface area (TPSA) is 117 Å². The molecule has 2 aromatic carbocycles. The van der Waals surface area contributed by atoms with Crippen LogP contribution in [0, 0.1) is 10.1 Å². The van der Waals surface area contributed by atoms with Crippen molar-refractivity contribution in [3.05, 3.63) is 70.3 Å². The molecule has 0 radical (unpaired) electrons. The molecule has 2 N–H and O–H groups in total. The quantitative estimate of drug-likeness (QED) is 0.298. The summed E-state index contributed by atoms with van der Waals surface area (Å²) in [7, 11) is -0.648. The number of nitrogens with one attached hydrogen (secondary N) is 2. The predicted molar refractivity (Wildman–Crippen MR) is 117 cm³/mol. The summed E-state index contributed by atoms with van der Waals surface area (Å²) in [5.41, 5.74) is 3.51. The molecule has 0 spiro atoms. The van der Waals surface area contributed by atoms with Gasteiger partial charge in [-0.3, -0.25) is 15.5 Å². The average molecular weight is 434 g/mol. The summed E-state index contributed by atoms with van der Waals surface area (Å²) in [6, 6.07) is 12.5. The summed E-state index contributed by atoms with van der Waals surface area (Å²) in [4.78, 5) is 10.6. The zero-order chi connectivity index (χ0) is 21.4. The van der Waals surface area contributed by atoms with Crippen LogP contribution in [0.2, 0.25) is 0 Å². The summed E-state index contributed by atoms with van der Waals surface area (Å²) >= 11 is 5.11. The van der Waals surface area contributed by atoms with E-state index in [1.807, 2.05) is 0 Å². The molecule has 9 nitrogen and oxygen atoms in total. The number of allylic oxidation sites excluding steroid dienone is 1. The lowest BCUT2D eigenvalue weighted by molar-refractivity contribution is -0.385. The normalized spacial score (nSPS) is 11.8. The van der Waals surface area contributed by atoms with Gasteiger partial charge in [-0.05, 0) is 48.6 Å². The minimum Gasteiger partial charge on any atom is -0.331 e. The first kappa shape index (κ1) is 22.1. The summed E-state index contributed by atoms with van der Waals surface area (Å²) in [6.45, 7) is 0. The van der Waals surface area contributed by atoms with Crippen LogP contribution in [0.5, 0.6) is 0 Å². The van der Waals surface area contributed by atoms with E-state index in [2.05, 4.69) is 15.8 Å². The lowest BCUT2D eigenvalue weighted by Crippen LogP contribution is -2.24. The molecule has 0 bridgehead atoms. The van der Waals surface area contributed by atoms with Gasteiger partial charge in [0.25, 0.3) is 5.69 Å². The largest absolute Gasteiger partial charge is 0.331 e. The van der Waals surface area contributed by atoms with Crippen molar-refractivity contribution in [1.29, 1.82) is 0 Å². The third kappa shape index (κ3) is 6.17. The molecule has 0 fully saturated rings. The SMILES string of the molecule is CN(C)S(=O)(=O)c1cccc(NC(=S)N/N=C\C=C\c2ccccc2[N+](=O)[O-])c1. The Morgan fingerprint density at radius 1 is 1.21 bits per heavy atom. The highest BCUT2D eigenvalue weighted by Crippen LogP contribution is 2.19. The van der Waals surface area contributed by atoms with E-state index in [0.29, 0.717) is 11.3 Å². The molecule has 11 heteroatoms. The first-order valence-corrected chi connectivity index (χ1v) is 10.1. The molecule has 152 valence electrons. The first-order chi connectivity index (χ1) is 13.7. The molecule has 0 aromatic heterocycles. The zero-order valence-electron chi connectivity index (χ0n) is 15.6. The third-order valence-corrected chi connectivity index (χ3v) is 5.61. The maximum absolute atomic E-state index is 12.2. The molecule has 0 aliphatic rings. The number of nitro benzene ring substituents is 1. The summed E-state index contributed by atoms with van der Waals surface area (Å²) in [5.74, 6) is 0. The van der Waals surface area contributed by atoms with Crippen molar-refractivity contribution in [2.24, 2.45) is 5.10 Å². The fourth-order valence-electron chi connectivity index (χ4n) is 2.18. The van der Waals surface area contributed by atoms with E-state index in [-0.39, 0.29) is 15.7 Å². The van der Waals surface area contributed by atoms with Crippen molar-refractivity contribution < 1.29 is 13.3 Å². The molecule has 0 saturated carbocycles. The number of anilines is 1. The van der Waals surface area contributed by atoms with E-state index in [9.17, 15) is 18.5 Å². The average Bonchev–Trinajstić information content (AvgIpc) is 2.68. The van der Waals surface area contributed by atoms with E-state index in [1.54, 1.807) is 36.4 Å². The van der Waals surface area contributed by atoms with Gasteiger partial charge in [-0.15, -0.1) is 0 Å². The van der Waals surface area contributed by atoms with Gasteiger partial charge in [0.05, 0.1) is 15.4 Å². The van der Waals surface area contributed by atoms with Crippen LogP contribution in [0.3, 0.4) is 0 Å². The molecule has 0 unspecified atom stereocenters. The van der Waals surface area contributed by atoms with Crippen LogP contribution >= 0.6 is 12.2 Å². The molecule has 0 amide bonds. The number of benzene rings is 2. The van der Waals surface area contributed by atoms with Gasteiger partial charge >= 0.3 is 0 Å². The Hall–Kier alpha value is -3.15. The minimum absolute atomic E-state index is 0.00476.